The van der Waals surface area contributed by atoms with Gasteiger partial charge in [0.15, 0.2) is 0 Å². The van der Waals surface area contributed by atoms with Crippen molar-refractivity contribution in [2.45, 2.75) is 38.3 Å². The number of benzene rings is 1. The lowest BCUT2D eigenvalue weighted by Crippen LogP contribution is -2.27. The van der Waals surface area contributed by atoms with Crippen molar-refractivity contribution >= 4 is 5.69 Å². The van der Waals surface area contributed by atoms with E-state index in [0.29, 0.717) is 6.04 Å². The molecule has 1 heterocycles. The van der Waals surface area contributed by atoms with Gasteiger partial charge in [-0.2, -0.15) is 0 Å². The first-order valence-electron chi connectivity index (χ1n) is 6.91. The summed E-state index contributed by atoms with van der Waals surface area (Å²) in [6.07, 6.45) is 4.09. The van der Waals surface area contributed by atoms with Crippen molar-refractivity contribution in [1.29, 1.82) is 0 Å². The molecule has 1 N–H and O–H groups in total. The molecule has 1 aromatic carbocycles. The van der Waals surface area contributed by atoms with Crippen LogP contribution in [-0.2, 0) is 0 Å². The van der Waals surface area contributed by atoms with Crippen LogP contribution in [0.25, 0.3) is 0 Å². The Balaban J connectivity index is 1.60. The second-order valence-corrected chi connectivity index (χ2v) is 5.54. The fourth-order valence-electron chi connectivity index (χ4n) is 2.88. The maximum Gasteiger partial charge on any atom is 0.121 e. The van der Waals surface area contributed by atoms with Crippen LogP contribution in [0.3, 0.4) is 0 Å². The van der Waals surface area contributed by atoms with Gasteiger partial charge in [0.2, 0.25) is 0 Å². The van der Waals surface area contributed by atoms with Crippen molar-refractivity contribution < 1.29 is 4.74 Å². The van der Waals surface area contributed by atoms with Gasteiger partial charge in [0.1, 0.15) is 5.75 Å². The topological polar surface area (TPSA) is 24.5 Å². The second kappa shape index (κ2) is 4.81. The van der Waals surface area contributed by atoms with E-state index in [2.05, 4.69) is 29.3 Å². The lowest BCUT2D eigenvalue weighted by atomic mass is 10.1. The van der Waals surface area contributed by atoms with E-state index in [0.717, 1.165) is 11.8 Å². The number of likely N-dealkylation sites (tertiary alicyclic amines) is 1. The van der Waals surface area contributed by atoms with Crippen LogP contribution in [0, 0.1) is 6.92 Å². The van der Waals surface area contributed by atoms with Crippen LogP contribution in [0.15, 0.2) is 18.2 Å². The molecule has 2 aliphatic rings. The molecule has 3 heteroatoms. The first kappa shape index (κ1) is 11.8. The largest absolute Gasteiger partial charge is 0.496 e. The number of methoxy groups -OCH3 is 1. The number of hydrogen-bond donors (Lipinski definition) is 1. The molecule has 2 fully saturated rings. The van der Waals surface area contributed by atoms with Gasteiger partial charge in [-0.3, -0.25) is 4.90 Å². The number of hydrogen-bond acceptors (Lipinski definition) is 3. The summed E-state index contributed by atoms with van der Waals surface area (Å²) in [7, 11) is 1.72. The molecule has 18 heavy (non-hydrogen) atoms. The third-order valence-corrected chi connectivity index (χ3v) is 4.05. The summed E-state index contributed by atoms with van der Waals surface area (Å²) in [5.74, 6) is 0.964. The van der Waals surface area contributed by atoms with Gasteiger partial charge in [0.05, 0.1) is 7.11 Å². The molecule has 3 rings (SSSR count). The van der Waals surface area contributed by atoms with Crippen molar-refractivity contribution in [2.75, 3.05) is 25.5 Å². The Labute approximate surface area is 109 Å². The maximum atomic E-state index is 5.29. The van der Waals surface area contributed by atoms with Gasteiger partial charge in [-0.15, -0.1) is 0 Å². The minimum Gasteiger partial charge on any atom is -0.496 e. The summed E-state index contributed by atoms with van der Waals surface area (Å²) in [6, 6.07) is 7.85. The monoisotopic (exact) mass is 246 g/mol. The Morgan fingerprint density at radius 3 is 2.78 bits per heavy atom. The van der Waals surface area contributed by atoms with Gasteiger partial charge in [-0.25, -0.2) is 0 Å². The van der Waals surface area contributed by atoms with Gasteiger partial charge in [-0.05, 0) is 49.9 Å². The molecule has 1 saturated carbocycles. The van der Waals surface area contributed by atoms with Gasteiger partial charge >= 0.3 is 0 Å². The molecular formula is C15H22N2O. The lowest BCUT2D eigenvalue weighted by molar-refractivity contribution is 0.326. The summed E-state index contributed by atoms with van der Waals surface area (Å²) >= 11 is 0. The summed E-state index contributed by atoms with van der Waals surface area (Å²) in [4.78, 5) is 2.63. The molecule has 0 spiro atoms. The fraction of sp³-hybridized carbons (Fsp3) is 0.600. The molecule has 1 aliphatic heterocycles. The average molecular weight is 246 g/mol. The van der Waals surface area contributed by atoms with E-state index in [9.17, 15) is 0 Å². The molecule has 1 aromatic rings. The summed E-state index contributed by atoms with van der Waals surface area (Å²) in [5.41, 5.74) is 2.41. The molecular weight excluding hydrogens is 224 g/mol. The Kier molecular flexibility index (Phi) is 3.16. The molecule has 0 radical (unpaired) electrons. The van der Waals surface area contributed by atoms with Crippen molar-refractivity contribution in [3.8, 4) is 5.75 Å². The summed E-state index contributed by atoms with van der Waals surface area (Å²) < 4.78 is 5.29. The van der Waals surface area contributed by atoms with Crippen molar-refractivity contribution in [3.05, 3.63) is 23.8 Å². The molecule has 3 nitrogen and oxygen atoms in total. The van der Waals surface area contributed by atoms with E-state index in [-0.39, 0.29) is 0 Å². The van der Waals surface area contributed by atoms with Crippen LogP contribution in [0.5, 0.6) is 5.75 Å². The van der Waals surface area contributed by atoms with Crippen molar-refractivity contribution in [1.82, 2.24) is 4.90 Å². The number of ether oxygens (including phenoxy) is 1. The fourth-order valence-corrected chi connectivity index (χ4v) is 2.88. The average Bonchev–Trinajstić information content (AvgIpc) is 3.11. The van der Waals surface area contributed by atoms with Crippen molar-refractivity contribution in [3.63, 3.8) is 0 Å². The standard InChI is InChI=1S/C15H22N2O/c1-11-9-12(3-6-15(11)18-2)16-13-7-8-17(10-13)14-4-5-14/h3,6,9,13-14,16H,4-5,7-8,10H2,1-2H3. The molecule has 0 amide bonds. The van der Waals surface area contributed by atoms with Crippen LogP contribution >= 0.6 is 0 Å². The highest BCUT2D eigenvalue weighted by atomic mass is 16.5. The quantitative estimate of drug-likeness (QED) is 0.884. The summed E-state index contributed by atoms with van der Waals surface area (Å²) in [6.45, 7) is 4.56. The van der Waals surface area contributed by atoms with E-state index >= 15 is 0 Å². The highest BCUT2D eigenvalue weighted by molar-refractivity contribution is 5.51. The highest BCUT2D eigenvalue weighted by Crippen LogP contribution is 2.31. The molecule has 1 saturated heterocycles. The lowest BCUT2D eigenvalue weighted by Gasteiger charge is -2.17. The zero-order valence-corrected chi connectivity index (χ0v) is 11.3. The van der Waals surface area contributed by atoms with E-state index in [1.54, 1.807) is 7.11 Å². The highest BCUT2D eigenvalue weighted by Gasteiger charge is 2.34. The van der Waals surface area contributed by atoms with Gasteiger partial charge in [0, 0.05) is 30.9 Å². The normalized spacial score (nSPS) is 24.2. The SMILES string of the molecule is COc1ccc(NC2CCN(C3CC3)C2)cc1C. The first-order chi connectivity index (χ1) is 8.76. The number of nitrogens with zero attached hydrogens (tertiary/aromatic N) is 1. The summed E-state index contributed by atoms with van der Waals surface area (Å²) in [5, 5.41) is 3.65. The number of aryl methyl sites for hydroxylation is 1. The zero-order valence-electron chi connectivity index (χ0n) is 11.3. The molecule has 0 bridgehead atoms. The van der Waals surface area contributed by atoms with Gasteiger partial charge in [-0.1, -0.05) is 0 Å². The van der Waals surface area contributed by atoms with Crippen LogP contribution in [0.1, 0.15) is 24.8 Å². The minimum absolute atomic E-state index is 0.610. The molecule has 1 aliphatic carbocycles. The zero-order chi connectivity index (χ0) is 12.5. The van der Waals surface area contributed by atoms with Gasteiger partial charge in [0.25, 0.3) is 0 Å². The Hall–Kier alpha value is -1.22. The van der Waals surface area contributed by atoms with E-state index in [1.165, 1.54) is 43.6 Å². The molecule has 1 unspecified atom stereocenters. The predicted molar refractivity (Wildman–Crippen MR) is 74.4 cm³/mol. The molecule has 1 atom stereocenters. The van der Waals surface area contributed by atoms with Crippen LogP contribution in [0.4, 0.5) is 5.69 Å². The number of rotatable bonds is 4. The Morgan fingerprint density at radius 1 is 1.28 bits per heavy atom. The number of nitrogens with one attached hydrogen (secondary N) is 1. The van der Waals surface area contributed by atoms with Crippen molar-refractivity contribution in [2.24, 2.45) is 0 Å². The predicted octanol–water partition coefficient (Wildman–Crippen LogP) is 2.65. The number of anilines is 1. The van der Waals surface area contributed by atoms with Crippen LogP contribution in [0.2, 0.25) is 0 Å². The molecule has 0 aromatic heterocycles. The minimum atomic E-state index is 0.610. The Morgan fingerprint density at radius 2 is 2.11 bits per heavy atom. The van der Waals surface area contributed by atoms with E-state index in [4.69, 9.17) is 4.74 Å². The maximum absolute atomic E-state index is 5.29. The van der Waals surface area contributed by atoms with E-state index in [1.807, 2.05) is 6.07 Å². The Bertz CT molecular complexity index is 429. The third-order valence-electron chi connectivity index (χ3n) is 4.05. The van der Waals surface area contributed by atoms with E-state index < -0.39 is 0 Å². The second-order valence-electron chi connectivity index (χ2n) is 5.54. The first-order valence-corrected chi connectivity index (χ1v) is 6.91. The molecule has 98 valence electrons. The van der Waals surface area contributed by atoms with Crippen LogP contribution < -0.4 is 10.1 Å². The van der Waals surface area contributed by atoms with Crippen LogP contribution in [-0.4, -0.2) is 37.2 Å². The third kappa shape index (κ3) is 2.46. The van der Waals surface area contributed by atoms with Gasteiger partial charge < -0.3 is 10.1 Å². The smallest absolute Gasteiger partial charge is 0.121 e.